The summed E-state index contributed by atoms with van der Waals surface area (Å²) in [5.74, 6) is -0.123. The van der Waals surface area contributed by atoms with E-state index >= 15 is 0 Å². The van der Waals surface area contributed by atoms with E-state index in [1.54, 1.807) is 27.7 Å². The highest BCUT2D eigenvalue weighted by atomic mass is 35.5. The van der Waals surface area contributed by atoms with E-state index in [2.05, 4.69) is 6.07 Å². The van der Waals surface area contributed by atoms with Crippen molar-refractivity contribution in [3.63, 3.8) is 0 Å². The highest BCUT2D eigenvalue weighted by Crippen LogP contribution is 2.30. The molecule has 0 bridgehead atoms. The molecule has 1 fully saturated rings. The van der Waals surface area contributed by atoms with Gasteiger partial charge in [0, 0.05) is 50.2 Å². The van der Waals surface area contributed by atoms with Crippen LogP contribution in [0, 0.1) is 11.3 Å². The van der Waals surface area contributed by atoms with E-state index in [4.69, 9.17) is 23.2 Å². The van der Waals surface area contributed by atoms with Crippen molar-refractivity contribution in [2.75, 3.05) is 51.7 Å². The lowest BCUT2D eigenvalue weighted by Crippen LogP contribution is -2.49. The summed E-state index contributed by atoms with van der Waals surface area (Å²) >= 11 is 12.1. The minimum absolute atomic E-state index is 0. The predicted molar refractivity (Wildman–Crippen MR) is 152 cm³/mol. The minimum Gasteiger partial charge on any atom is -0.366 e. The number of amides is 1. The Hall–Kier alpha value is -3.09. The molecule has 37 heavy (non-hydrogen) atoms. The van der Waals surface area contributed by atoms with Gasteiger partial charge in [0.15, 0.2) is 0 Å². The van der Waals surface area contributed by atoms with E-state index in [-0.39, 0.29) is 23.2 Å². The summed E-state index contributed by atoms with van der Waals surface area (Å²) in [7, 11) is 3.90. The topological polar surface area (TPSA) is 108 Å². The molecule has 0 saturated carbocycles. The molecule has 1 saturated heterocycles. The van der Waals surface area contributed by atoms with Gasteiger partial charge >= 0.3 is 0 Å². The molecule has 1 amide bonds. The van der Waals surface area contributed by atoms with E-state index in [0.717, 1.165) is 10.9 Å². The Balaban J connectivity index is 0.00000157. The third-order valence-electron chi connectivity index (χ3n) is 6.08. The van der Waals surface area contributed by atoms with Crippen molar-refractivity contribution in [2.24, 2.45) is 0 Å². The number of halogens is 2. The van der Waals surface area contributed by atoms with Crippen LogP contribution in [0.3, 0.4) is 0 Å². The van der Waals surface area contributed by atoms with Crippen LogP contribution < -0.4 is 16.6 Å². The normalized spacial score (nSPS) is 13.0. The number of carbonyl (C=O) groups is 1. The van der Waals surface area contributed by atoms with Crippen LogP contribution in [0.15, 0.2) is 47.3 Å². The maximum absolute atomic E-state index is 13.3. The Morgan fingerprint density at radius 1 is 1.03 bits per heavy atom. The van der Waals surface area contributed by atoms with Crippen LogP contribution in [0.1, 0.15) is 29.8 Å². The monoisotopic (exact) mass is 544 g/mol. The zero-order valence-electron chi connectivity index (χ0n) is 21.8. The molecule has 2 aromatic carbocycles. The van der Waals surface area contributed by atoms with Crippen molar-refractivity contribution in [1.82, 2.24) is 20.5 Å². The van der Waals surface area contributed by atoms with Gasteiger partial charge in [-0.3, -0.25) is 9.59 Å². The number of hydrogen-bond donors (Lipinski definition) is 1. The number of aromatic nitrogens is 1. The van der Waals surface area contributed by atoms with E-state index in [9.17, 15) is 14.9 Å². The number of pyridine rings is 1. The maximum atomic E-state index is 13.3. The molecule has 0 unspecified atom stereocenters. The van der Waals surface area contributed by atoms with Crippen LogP contribution >= 0.6 is 23.2 Å². The molecular formula is C27H34Cl2N6O2. The van der Waals surface area contributed by atoms with Gasteiger partial charge in [0.05, 0.1) is 21.2 Å². The SMILES string of the molecule is CC.CN(C)CCn1c(=O)c(C#N)c(N2CCN(C(=O)c3ccc(Cl)c(Cl)c3)CC2)c2ccccc21.N. The lowest BCUT2D eigenvalue weighted by atomic mass is 10.1. The third kappa shape index (κ3) is 6.43. The Labute approximate surface area is 228 Å². The second-order valence-corrected chi connectivity index (χ2v) is 9.34. The van der Waals surface area contributed by atoms with E-state index in [1.165, 1.54) is 0 Å². The second-order valence-electron chi connectivity index (χ2n) is 8.52. The molecule has 1 aromatic heterocycles. The first kappa shape index (κ1) is 30.1. The fraction of sp³-hybridized carbons (Fsp3) is 0.370. The molecule has 1 aliphatic heterocycles. The van der Waals surface area contributed by atoms with Crippen molar-refractivity contribution in [1.29, 1.82) is 5.26 Å². The van der Waals surface area contributed by atoms with Gasteiger partial charge < -0.3 is 25.4 Å². The summed E-state index contributed by atoms with van der Waals surface area (Å²) in [5.41, 5.74) is 1.78. The van der Waals surface area contributed by atoms with Gasteiger partial charge in [-0.1, -0.05) is 55.2 Å². The Kier molecular flexibility index (Phi) is 11.0. The molecule has 2 heterocycles. The molecule has 0 spiro atoms. The van der Waals surface area contributed by atoms with Gasteiger partial charge in [-0.2, -0.15) is 5.26 Å². The summed E-state index contributed by atoms with van der Waals surface area (Å²) in [5, 5.41) is 11.5. The van der Waals surface area contributed by atoms with Gasteiger partial charge in [0.1, 0.15) is 11.6 Å². The van der Waals surface area contributed by atoms with Crippen LogP contribution in [0.5, 0.6) is 0 Å². The molecule has 4 rings (SSSR count). The summed E-state index contributed by atoms with van der Waals surface area (Å²) in [6.07, 6.45) is 0. The lowest BCUT2D eigenvalue weighted by Gasteiger charge is -2.37. The Bertz CT molecular complexity index is 1340. The first-order valence-corrected chi connectivity index (χ1v) is 12.8. The summed E-state index contributed by atoms with van der Waals surface area (Å²) < 4.78 is 1.68. The number of piperazine rings is 1. The van der Waals surface area contributed by atoms with Gasteiger partial charge in [-0.05, 0) is 38.4 Å². The van der Waals surface area contributed by atoms with Crippen LogP contribution in [0.4, 0.5) is 5.69 Å². The van der Waals surface area contributed by atoms with Crippen molar-refractivity contribution in [2.45, 2.75) is 20.4 Å². The van der Waals surface area contributed by atoms with Crippen molar-refractivity contribution in [3.05, 3.63) is 74.0 Å². The fourth-order valence-corrected chi connectivity index (χ4v) is 4.58. The van der Waals surface area contributed by atoms with Crippen LogP contribution in [-0.4, -0.2) is 67.1 Å². The Morgan fingerprint density at radius 3 is 2.27 bits per heavy atom. The second kappa shape index (κ2) is 13.5. The average molecular weight is 546 g/mol. The summed E-state index contributed by atoms with van der Waals surface area (Å²) in [6, 6.07) is 14.7. The zero-order valence-corrected chi connectivity index (χ0v) is 23.3. The number of nitriles is 1. The number of nitrogens with zero attached hydrogens (tertiary/aromatic N) is 5. The number of anilines is 1. The summed E-state index contributed by atoms with van der Waals surface area (Å²) in [6.45, 7) is 7.11. The largest absolute Gasteiger partial charge is 0.366 e. The molecule has 198 valence electrons. The molecule has 8 nitrogen and oxygen atoms in total. The number of likely N-dealkylation sites (N-methyl/N-ethyl adjacent to an activating group) is 1. The number of rotatable bonds is 5. The zero-order chi connectivity index (χ0) is 26.4. The standard InChI is InChI=1S/C25H25Cl2N5O2.C2H6.H3N/c1-29(2)9-14-32-22-6-4-3-5-18(22)23(19(16-28)25(32)34)30-10-12-31(13-11-30)24(33)17-7-8-20(26)21(27)15-17;1-2;/h3-8,15H,9-14H2,1-2H3;1-2H3;1H3. The van der Waals surface area contributed by atoms with Crippen molar-refractivity contribution < 1.29 is 4.79 Å². The number of fused-ring (bicyclic) bond motifs is 1. The number of para-hydroxylation sites is 1. The molecule has 0 aliphatic carbocycles. The van der Waals surface area contributed by atoms with Crippen LogP contribution in [0.25, 0.3) is 10.9 Å². The van der Waals surface area contributed by atoms with E-state index < -0.39 is 0 Å². The highest BCUT2D eigenvalue weighted by Gasteiger charge is 2.27. The van der Waals surface area contributed by atoms with Gasteiger partial charge in [-0.25, -0.2) is 0 Å². The fourth-order valence-electron chi connectivity index (χ4n) is 4.29. The molecule has 1 aliphatic rings. The van der Waals surface area contributed by atoms with Gasteiger partial charge in [0.25, 0.3) is 11.5 Å². The van der Waals surface area contributed by atoms with Crippen LogP contribution in [-0.2, 0) is 6.54 Å². The first-order valence-electron chi connectivity index (χ1n) is 12.0. The van der Waals surface area contributed by atoms with Crippen LogP contribution in [0.2, 0.25) is 10.0 Å². The lowest BCUT2D eigenvalue weighted by molar-refractivity contribution is 0.0747. The number of benzene rings is 2. The Morgan fingerprint density at radius 2 is 1.68 bits per heavy atom. The highest BCUT2D eigenvalue weighted by molar-refractivity contribution is 6.42. The van der Waals surface area contributed by atoms with E-state index in [0.29, 0.717) is 60.6 Å². The molecule has 3 aromatic rings. The predicted octanol–water partition coefficient (Wildman–Crippen LogP) is 4.89. The number of carbonyl (C=O) groups excluding carboxylic acids is 1. The molecular weight excluding hydrogens is 511 g/mol. The third-order valence-corrected chi connectivity index (χ3v) is 6.82. The quantitative estimate of drug-likeness (QED) is 0.489. The number of hydrogen-bond acceptors (Lipinski definition) is 6. The maximum Gasteiger partial charge on any atom is 0.271 e. The minimum atomic E-state index is -0.285. The van der Waals surface area contributed by atoms with Crippen molar-refractivity contribution >= 4 is 45.7 Å². The smallest absolute Gasteiger partial charge is 0.271 e. The molecule has 0 atom stereocenters. The van der Waals surface area contributed by atoms with E-state index in [1.807, 2.05) is 62.0 Å². The van der Waals surface area contributed by atoms with Crippen molar-refractivity contribution in [3.8, 4) is 6.07 Å². The van der Waals surface area contributed by atoms with Gasteiger partial charge in [0.2, 0.25) is 0 Å². The van der Waals surface area contributed by atoms with Gasteiger partial charge in [-0.15, -0.1) is 0 Å². The molecule has 0 radical (unpaired) electrons. The molecule has 10 heteroatoms. The summed E-state index contributed by atoms with van der Waals surface area (Å²) in [4.78, 5) is 32.1. The first-order chi connectivity index (χ1) is 17.3. The molecule has 3 N–H and O–H groups in total. The average Bonchev–Trinajstić information content (AvgIpc) is 2.90.